The number of benzene rings is 1. The number of carbonyl (C=O) groups excluding carboxylic acids is 4. The summed E-state index contributed by atoms with van der Waals surface area (Å²) < 4.78 is 14.9. The van der Waals surface area contributed by atoms with E-state index in [0.717, 1.165) is 7.11 Å². The van der Waals surface area contributed by atoms with Crippen molar-refractivity contribution in [1.82, 2.24) is 4.90 Å². The van der Waals surface area contributed by atoms with Gasteiger partial charge in [0.25, 0.3) is 0 Å². The summed E-state index contributed by atoms with van der Waals surface area (Å²) in [5.41, 5.74) is -0.584. The van der Waals surface area contributed by atoms with Crippen LogP contribution in [0.1, 0.15) is 37.6 Å². The van der Waals surface area contributed by atoms with E-state index >= 15 is 0 Å². The molecule has 0 spiro atoms. The van der Waals surface area contributed by atoms with Crippen LogP contribution in [-0.4, -0.2) is 54.5 Å². The molecule has 8 heteroatoms. The van der Waals surface area contributed by atoms with Crippen LogP contribution in [-0.2, 0) is 19.1 Å². The van der Waals surface area contributed by atoms with Crippen LogP contribution >= 0.6 is 0 Å². The van der Waals surface area contributed by atoms with Crippen LogP contribution in [0.15, 0.2) is 24.3 Å². The van der Waals surface area contributed by atoms with Gasteiger partial charge >= 0.3 is 12.1 Å². The highest BCUT2D eigenvalue weighted by Crippen LogP contribution is 2.30. The number of Topliss-reactive ketones (excluding diaryl/α,β-unsaturated/α-hetero) is 1. The zero-order valence-electron chi connectivity index (χ0n) is 16.0. The van der Waals surface area contributed by atoms with Crippen LogP contribution in [0.4, 0.5) is 4.79 Å². The van der Waals surface area contributed by atoms with Crippen LogP contribution in [0.25, 0.3) is 0 Å². The zero-order valence-corrected chi connectivity index (χ0v) is 16.0. The maximum atomic E-state index is 12.8. The normalized spacial score (nSPS) is 19.6. The summed E-state index contributed by atoms with van der Waals surface area (Å²) in [6.45, 7) is 4.91. The van der Waals surface area contributed by atoms with E-state index in [9.17, 15) is 19.2 Å². The average molecular weight is 377 g/mol. The fourth-order valence-corrected chi connectivity index (χ4v) is 2.79. The lowest BCUT2D eigenvalue weighted by Gasteiger charge is -2.26. The Morgan fingerprint density at radius 2 is 1.67 bits per heavy atom. The van der Waals surface area contributed by atoms with Gasteiger partial charge in [-0.05, 0) is 51.5 Å². The van der Waals surface area contributed by atoms with E-state index < -0.39 is 41.3 Å². The molecule has 0 N–H and O–H groups in total. The van der Waals surface area contributed by atoms with Crippen molar-refractivity contribution >= 4 is 23.8 Å². The number of hydrogen-bond acceptors (Lipinski definition) is 7. The molecule has 0 aromatic heterocycles. The lowest BCUT2D eigenvalue weighted by Crippen LogP contribution is -2.46. The first-order valence-electron chi connectivity index (χ1n) is 8.41. The summed E-state index contributed by atoms with van der Waals surface area (Å²) in [6, 6.07) is 5.03. The Bertz CT molecular complexity index is 748. The maximum absolute atomic E-state index is 12.8. The van der Waals surface area contributed by atoms with Gasteiger partial charge in [0.2, 0.25) is 5.91 Å². The van der Waals surface area contributed by atoms with E-state index in [-0.39, 0.29) is 12.0 Å². The minimum atomic E-state index is -1.20. The van der Waals surface area contributed by atoms with Crippen molar-refractivity contribution in [3.8, 4) is 5.75 Å². The molecular formula is C19H23NO7. The monoisotopic (exact) mass is 377 g/mol. The molecule has 2 amide bonds. The largest absolute Gasteiger partial charge is 0.497 e. The molecule has 1 aromatic rings. The van der Waals surface area contributed by atoms with E-state index in [1.165, 1.54) is 19.2 Å². The summed E-state index contributed by atoms with van der Waals surface area (Å²) in [7, 11) is 2.65. The molecule has 0 bridgehead atoms. The van der Waals surface area contributed by atoms with Crippen molar-refractivity contribution in [2.24, 2.45) is 5.92 Å². The highest BCUT2D eigenvalue weighted by atomic mass is 16.6. The number of rotatable bonds is 4. The third kappa shape index (κ3) is 4.45. The SMILES string of the molecule is COC(=O)[C@@H]1CC(C(=O)c2ccc(OC)cc2)C(=O)N1C(=O)OC(C)(C)C. The minimum Gasteiger partial charge on any atom is -0.497 e. The molecule has 0 radical (unpaired) electrons. The van der Waals surface area contributed by atoms with Gasteiger partial charge in [-0.1, -0.05) is 0 Å². The third-order valence-corrected chi connectivity index (χ3v) is 4.06. The van der Waals surface area contributed by atoms with Crippen LogP contribution in [0, 0.1) is 5.92 Å². The summed E-state index contributed by atoms with van der Waals surface area (Å²) in [5.74, 6) is -2.65. The molecule has 27 heavy (non-hydrogen) atoms. The van der Waals surface area contributed by atoms with Crippen LogP contribution in [0.5, 0.6) is 5.75 Å². The first-order valence-corrected chi connectivity index (χ1v) is 8.41. The van der Waals surface area contributed by atoms with Gasteiger partial charge in [-0.2, -0.15) is 0 Å². The van der Waals surface area contributed by atoms with Gasteiger partial charge in [0.05, 0.1) is 14.2 Å². The summed E-state index contributed by atoms with van der Waals surface area (Å²) in [5, 5.41) is 0. The molecule has 1 unspecified atom stereocenters. The third-order valence-electron chi connectivity index (χ3n) is 4.06. The minimum absolute atomic E-state index is 0.157. The van der Waals surface area contributed by atoms with Crippen molar-refractivity contribution in [1.29, 1.82) is 0 Å². The number of imide groups is 1. The van der Waals surface area contributed by atoms with Crippen LogP contribution in [0.3, 0.4) is 0 Å². The van der Waals surface area contributed by atoms with Crippen molar-refractivity contribution < 1.29 is 33.4 Å². The van der Waals surface area contributed by atoms with Crippen molar-refractivity contribution in [3.05, 3.63) is 29.8 Å². The number of amides is 2. The second kappa shape index (κ2) is 7.77. The molecule has 1 aliphatic rings. The Hall–Kier alpha value is -2.90. The Balaban J connectivity index is 2.30. The van der Waals surface area contributed by atoms with E-state index in [1.807, 2.05) is 0 Å². The summed E-state index contributed by atoms with van der Waals surface area (Å²) >= 11 is 0. The number of ketones is 1. The van der Waals surface area contributed by atoms with Crippen LogP contribution < -0.4 is 4.74 Å². The maximum Gasteiger partial charge on any atom is 0.417 e. The van der Waals surface area contributed by atoms with Crippen LogP contribution in [0.2, 0.25) is 0 Å². The van der Waals surface area contributed by atoms with E-state index in [0.29, 0.717) is 10.6 Å². The molecule has 2 rings (SSSR count). The predicted octanol–water partition coefficient (Wildman–Crippen LogP) is 2.20. The molecule has 0 aliphatic carbocycles. The molecule has 1 fully saturated rings. The van der Waals surface area contributed by atoms with Gasteiger partial charge in [0.15, 0.2) is 5.78 Å². The fraction of sp³-hybridized carbons (Fsp3) is 0.474. The average Bonchev–Trinajstić information content (AvgIpc) is 2.96. The quantitative estimate of drug-likeness (QED) is 0.450. The van der Waals surface area contributed by atoms with Gasteiger partial charge in [-0.15, -0.1) is 0 Å². The molecule has 2 atom stereocenters. The molecule has 146 valence electrons. The Kier molecular flexibility index (Phi) is 5.88. The Morgan fingerprint density at radius 1 is 1.07 bits per heavy atom. The first kappa shape index (κ1) is 20.4. The molecule has 1 heterocycles. The predicted molar refractivity (Wildman–Crippen MR) is 94.3 cm³/mol. The van der Waals surface area contributed by atoms with Gasteiger partial charge < -0.3 is 14.2 Å². The van der Waals surface area contributed by atoms with Gasteiger partial charge in [-0.25, -0.2) is 14.5 Å². The second-order valence-corrected chi connectivity index (χ2v) is 7.11. The Morgan fingerprint density at radius 3 is 2.15 bits per heavy atom. The standard InChI is InChI=1S/C19H23NO7/c1-19(2,3)27-18(24)20-14(17(23)26-5)10-13(16(20)22)15(21)11-6-8-12(25-4)9-7-11/h6-9,13-14H,10H2,1-5H3/t13?,14-/m0/s1. The fourth-order valence-electron chi connectivity index (χ4n) is 2.79. The van der Waals surface area contributed by atoms with Crippen molar-refractivity contribution in [2.75, 3.05) is 14.2 Å². The zero-order chi connectivity index (χ0) is 20.4. The smallest absolute Gasteiger partial charge is 0.417 e. The number of esters is 1. The number of ether oxygens (including phenoxy) is 3. The Labute approximate surface area is 157 Å². The molecule has 0 saturated carbocycles. The highest BCUT2D eigenvalue weighted by Gasteiger charge is 2.51. The van der Waals surface area contributed by atoms with Crippen molar-refractivity contribution in [2.45, 2.75) is 38.8 Å². The molecular weight excluding hydrogens is 354 g/mol. The highest BCUT2D eigenvalue weighted by molar-refractivity contribution is 6.15. The van der Waals surface area contributed by atoms with Gasteiger partial charge in [0, 0.05) is 5.56 Å². The van der Waals surface area contributed by atoms with E-state index in [4.69, 9.17) is 9.47 Å². The molecule has 1 aromatic carbocycles. The number of methoxy groups -OCH3 is 2. The second-order valence-electron chi connectivity index (χ2n) is 7.11. The lowest BCUT2D eigenvalue weighted by atomic mass is 9.94. The van der Waals surface area contributed by atoms with Gasteiger partial charge in [-0.3, -0.25) is 9.59 Å². The molecule has 1 aliphatic heterocycles. The van der Waals surface area contributed by atoms with Gasteiger partial charge in [0.1, 0.15) is 23.3 Å². The van der Waals surface area contributed by atoms with Crippen molar-refractivity contribution in [3.63, 3.8) is 0 Å². The number of carbonyl (C=O) groups is 4. The molecule has 8 nitrogen and oxygen atoms in total. The molecule has 1 saturated heterocycles. The lowest BCUT2D eigenvalue weighted by molar-refractivity contribution is -0.148. The first-order chi connectivity index (χ1) is 12.6. The number of likely N-dealkylation sites (tertiary alicyclic amines) is 1. The summed E-state index contributed by atoms with van der Waals surface area (Å²) in [4.78, 5) is 50.7. The number of nitrogens with zero attached hydrogens (tertiary/aromatic N) is 1. The summed E-state index contributed by atoms with van der Waals surface area (Å²) in [6.07, 6.45) is -1.14. The topological polar surface area (TPSA) is 99.2 Å². The van der Waals surface area contributed by atoms with E-state index in [2.05, 4.69) is 4.74 Å². The van der Waals surface area contributed by atoms with E-state index in [1.54, 1.807) is 32.9 Å². The number of hydrogen-bond donors (Lipinski definition) is 0.